The van der Waals surface area contributed by atoms with Crippen molar-refractivity contribution < 1.29 is 0 Å². The molecular formula is C13H22N4. The van der Waals surface area contributed by atoms with E-state index >= 15 is 0 Å². The van der Waals surface area contributed by atoms with Crippen molar-refractivity contribution in [2.45, 2.75) is 45.1 Å². The third-order valence-corrected chi connectivity index (χ3v) is 3.72. The van der Waals surface area contributed by atoms with E-state index in [1.54, 1.807) is 6.20 Å². The van der Waals surface area contributed by atoms with Crippen LogP contribution in [0, 0.1) is 12.8 Å². The zero-order chi connectivity index (χ0) is 12.3. The van der Waals surface area contributed by atoms with E-state index in [-0.39, 0.29) is 6.04 Å². The average molecular weight is 234 g/mol. The second-order valence-corrected chi connectivity index (χ2v) is 5.03. The van der Waals surface area contributed by atoms with Gasteiger partial charge in [0.05, 0.1) is 6.04 Å². The number of rotatable bonds is 3. The lowest BCUT2D eigenvalue weighted by Crippen LogP contribution is -2.35. The van der Waals surface area contributed by atoms with Crippen LogP contribution in [0.5, 0.6) is 0 Å². The first kappa shape index (κ1) is 12.3. The number of nitrogens with one attached hydrogen (secondary N) is 1. The molecule has 4 heteroatoms. The van der Waals surface area contributed by atoms with Gasteiger partial charge in [0.1, 0.15) is 5.82 Å². The van der Waals surface area contributed by atoms with E-state index < -0.39 is 0 Å². The van der Waals surface area contributed by atoms with Crippen molar-refractivity contribution in [3.63, 3.8) is 0 Å². The third kappa shape index (κ3) is 2.76. The van der Waals surface area contributed by atoms with Crippen molar-refractivity contribution in [1.29, 1.82) is 0 Å². The quantitative estimate of drug-likeness (QED) is 0.552. The van der Waals surface area contributed by atoms with Crippen LogP contribution in [0.25, 0.3) is 0 Å². The molecule has 0 radical (unpaired) electrons. The molecule has 1 aromatic rings. The molecule has 2 rings (SSSR count). The number of nitrogens with zero attached hydrogens (tertiary/aromatic N) is 1. The van der Waals surface area contributed by atoms with Gasteiger partial charge in [-0.1, -0.05) is 19.3 Å². The molecule has 0 amide bonds. The number of nitrogen functional groups attached to an aromatic ring is 1. The zero-order valence-corrected chi connectivity index (χ0v) is 10.4. The summed E-state index contributed by atoms with van der Waals surface area (Å²) in [5, 5.41) is 0. The molecule has 1 heterocycles. The lowest BCUT2D eigenvalue weighted by atomic mass is 9.81. The van der Waals surface area contributed by atoms with Gasteiger partial charge in [0.2, 0.25) is 0 Å². The number of aryl methyl sites for hydroxylation is 1. The lowest BCUT2D eigenvalue weighted by molar-refractivity contribution is 0.274. The predicted molar refractivity (Wildman–Crippen MR) is 70.0 cm³/mol. The van der Waals surface area contributed by atoms with E-state index in [4.69, 9.17) is 11.6 Å². The number of hydrazine groups is 1. The maximum atomic E-state index is 5.97. The summed E-state index contributed by atoms with van der Waals surface area (Å²) in [6.45, 7) is 2.03. The molecule has 0 saturated heterocycles. The molecule has 1 fully saturated rings. The summed E-state index contributed by atoms with van der Waals surface area (Å²) < 4.78 is 0. The summed E-state index contributed by atoms with van der Waals surface area (Å²) in [5.74, 6) is 6.91. The molecule has 1 aliphatic carbocycles. The van der Waals surface area contributed by atoms with Gasteiger partial charge in [-0.25, -0.2) is 4.98 Å². The van der Waals surface area contributed by atoms with E-state index in [1.165, 1.54) is 32.1 Å². The van der Waals surface area contributed by atoms with Gasteiger partial charge in [0, 0.05) is 11.8 Å². The van der Waals surface area contributed by atoms with Gasteiger partial charge in [-0.3, -0.25) is 11.3 Å². The summed E-state index contributed by atoms with van der Waals surface area (Å²) in [6.07, 6.45) is 8.18. The first-order valence-electron chi connectivity index (χ1n) is 6.40. The first-order valence-corrected chi connectivity index (χ1v) is 6.40. The van der Waals surface area contributed by atoms with Crippen LogP contribution in [0.3, 0.4) is 0 Å². The molecule has 1 atom stereocenters. The van der Waals surface area contributed by atoms with Gasteiger partial charge >= 0.3 is 0 Å². The lowest BCUT2D eigenvalue weighted by Gasteiger charge is -2.30. The SMILES string of the molecule is Cc1cnc(N)c(C(NN)C2CCCCC2)c1. The van der Waals surface area contributed by atoms with E-state index in [1.807, 2.05) is 6.92 Å². The fourth-order valence-corrected chi connectivity index (χ4v) is 2.80. The van der Waals surface area contributed by atoms with Crippen LogP contribution in [0.2, 0.25) is 0 Å². The first-order chi connectivity index (χ1) is 8.22. The van der Waals surface area contributed by atoms with Crippen LogP contribution in [-0.4, -0.2) is 4.98 Å². The monoisotopic (exact) mass is 234 g/mol. The molecular weight excluding hydrogens is 212 g/mol. The highest BCUT2D eigenvalue weighted by molar-refractivity contribution is 5.43. The molecule has 0 aliphatic heterocycles. The Kier molecular flexibility index (Phi) is 3.97. The minimum Gasteiger partial charge on any atom is -0.383 e. The Morgan fingerprint density at radius 2 is 2.06 bits per heavy atom. The number of hydrogen-bond donors (Lipinski definition) is 3. The third-order valence-electron chi connectivity index (χ3n) is 3.72. The Balaban J connectivity index is 2.24. The van der Waals surface area contributed by atoms with Gasteiger partial charge in [-0.05, 0) is 37.3 Å². The van der Waals surface area contributed by atoms with Crippen LogP contribution in [0.15, 0.2) is 12.3 Å². The molecule has 1 aromatic heterocycles. The molecule has 94 valence electrons. The summed E-state index contributed by atoms with van der Waals surface area (Å²) in [5.41, 5.74) is 11.1. The second kappa shape index (κ2) is 5.47. The number of pyridine rings is 1. The summed E-state index contributed by atoms with van der Waals surface area (Å²) in [7, 11) is 0. The van der Waals surface area contributed by atoms with Crippen molar-refractivity contribution >= 4 is 5.82 Å². The number of hydrogen-bond acceptors (Lipinski definition) is 4. The van der Waals surface area contributed by atoms with Crippen molar-refractivity contribution in [1.82, 2.24) is 10.4 Å². The van der Waals surface area contributed by atoms with Crippen LogP contribution < -0.4 is 17.0 Å². The molecule has 1 unspecified atom stereocenters. The number of aromatic nitrogens is 1. The number of nitrogens with two attached hydrogens (primary N) is 2. The minimum absolute atomic E-state index is 0.141. The maximum absolute atomic E-state index is 5.97. The van der Waals surface area contributed by atoms with E-state index in [2.05, 4.69) is 16.5 Å². The Labute approximate surface area is 103 Å². The van der Waals surface area contributed by atoms with Crippen molar-refractivity contribution in [3.05, 3.63) is 23.4 Å². The van der Waals surface area contributed by atoms with Crippen molar-refractivity contribution in [3.8, 4) is 0 Å². The van der Waals surface area contributed by atoms with Crippen LogP contribution >= 0.6 is 0 Å². The fraction of sp³-hybridized carbons (Fsp3) is 0.615. The Bertz CT molecular complexity index is 372. The Morgan fingerprint density at radius 3 is 2.71 bits per heavy atom. The molecule has 0 bridgehead atoms. The molecule has 0 spiro atoms. The van der Waals surface area contributed by atoms with Crippen molar-refractivity contribution in [2.24, 2.45) is 11.8 Å². The minimum atomic E-state index is 0.141. The van der Waals surface area contributed by atoms with Gasteiger partial charge in [-0.2, -0.15) is 0 Å². The largest absolute Gasteiger partial charge is 0.383 e. The summed E-state index contributed by atoms with van der Waals surface area (Å²) in [6, 6.07) is 2.24. The average Bonchev–Trinajstić information content (AvgIpc) is 2.36. The second-order valence-electron chi connectivity index (χ2n) is 5.03. The Morgan fingerprint density at radius 1 is 1.35 bits per heavy atom. The molecule has 1 saturated carbocycles. The van der Waals surface area contributed by atoms with Gasteiger partial charge < -0.3 is 5.73 Å². The van der Waals surface area contributed by atoms with Crippen LogP contribution in [0.4, 0.5) is 5.82 Å². The highest BCUT2D eigenvalue weighted by Gasteiger charge is 2.25. The zero-order valence-electron chi connectivity index (χ0n) is 10.4. The molecule has 1 aliphatic rings. The van der Waals surface area contributed by atoms with Gasteiger partial charge in [0.25, 0.3) is 0 Å². The smallest absolute Gasteiger partial charge is 0.128 e. The Hall–Kier alpha value is -1.13. The van der Waals surface area contributed by atoms with E-state index in [9.17, 15) is 0 Å². The van der Waals surface area contributed by atoms with Crippen LogP contribution in [0.1, 0.15) is 49.3 Å². The predicted octanol–water partition coefficient (Wildman–Crippen LogP) is 2.06. The summed E-state index contributed by atoms with van der Waals surface area (Å²) >= 11 is 0. The van der Waals surface area contributed by atoms with E-state index in [0.29, 0.717) is 11.7 Å². The normalized spacial score (nSPS) is 19.2. The highest BCUT2D eigenvalue weighted by Crippen LogP contribution is 2.35. The number of anilines is 1. The van der Waals surface area contributed by atoms with Crippen LogP contribution in [-0.2, 0) is 0 Å². The molecule has 0 aromatic carbocycles. The molecule has 17 heavy (non-hydrogen) atoms. The van der Waals surface area contributed by atoms with Gasteiger partial charge in [0.15, 0.2) is 0 Å². The maximum Gasteiger partial charge on any atom is 0.128 e. The van der Waals surface area contributed by atoms with E-state index in [0.717, 1.165) is 11.1 Å². The van der Waals surface area contributed by atoms with Crippen molar-refractivity contribution in [2.75, 3.05) is 5.73 Å². The topological polar surface area (TPSA) is 77.0 Å². The van der Waals surface area contributed by atoms with Gasteiger partial charge in [-0.15, -0.1) is 0 Å². The molecule has 5 N–H and O–H groups in total. The highest BCUT2D eigenvalue weighted by atomic mass is 15.2. The standard InChI is InChI=1S/C13H22N4/c1-9-7-11(13(14)16-8-9)12(17-15)10-5-3-2-4-6-10/h7-8,10,12,17H,2-6,15H2,1H3,(H2,14,16). The fourth-order valence-electron chi connectivity index (χ4n) is 2.80. The summed E-state index contributed by atoms with van der Waals surface area (Å²) in [4.78, 5) is 4.22. The molecule has 4 nitrogen and oxygen atoms in total.